The highest BCUT2D eigenvalue weighted by Gasteiger charge is 2.21. The molecule has 0 spiro atoms. The third-order valence-electron chi connectivity index (χ3n) is 3.39. The highest BCUT2D eigenvalue weighted by atomic mass is 16.5. The largest absolute Gasteiger partial charge is 0.493 e. The first-order chi connectivity index (χ1) is 11.6. The summed E-state index contributed by atoms with van der Waals surface area (Å²) in [5, 5.41) is 21.3. The van der Waals surface area contributed by atoms with Crippen molar-refractivity contribution in [1.82, 2.24) is 0 Å². The molecule has 0 bridgehead atoms. The van der Waals surface area contributed by atoms with Gasteiger partial charge in [0.05, 0.1) is 25.3 Å². The minimum absolute atomic E-state index is 0.474. The maximum absolute atomic E-state index is 11.7. The number of aliphatic carboxylic acids is 1. The number of nitrogens with zero attached hydrogens (tertiary/aromatic N) is 1. The molecule has 1 atom stereocenters. The van der Waals surface area contributed by atoms with Crippen LogP contribution >= 0.6 is 0 Å². The predicted octanol–water partition coefficient (Wildman–Crippen LogP) is 3.20. The van der Waals surface area contributed by atoms with Crippen LogP contribution in [0, 0.1) is 11.3 Å². The molecule has 0 aliphatic carbocycles. The Hall–Kier alpha value is -3.20. The summed E-state index contributed by atoms with van der Waals surface area (Å²) in [6, 6.07) is 12.7. The fourth-order valence-electron chi connectivity index (χ4n) is 2.23. The standard InChI is InChI=1S/C18H18N2O4/c1-3-24-15-9-6-13(10-16(15)23-2)17(18(21)22)20-14-7-4-12(11-19)5-8-14/h4-10,17,20H,3H2,1-2H3,(H,21,22). The average Bonchev–Trinajstić information content (AvgIpc) is 2.60. The average molecular weight is 326 g/mol. The van der Waals surface area contributed by atoms with Crippen LogP contribution in [0.25, 0.3) is 0 Å². The molecule has 1 unspecified atom stereocenters. The summed E-state index contributed by atoms with van der Waals surface area (Å²) in [5.74, 6) is 0.0130. The number of benzene rings is 2. The summed E-state index contributed by atoms with van der Waals surface area (Å²) >= 11 is 0. The SMILES string of the molecule is CCOc1ccc(C(Nc2ccc(C#N)cc2)C(=O)O)cc1OC. The van der Waals surface area contributed by atoms with Gasteiger partial charge in [-0.25, -0.2) is 4.79 Å². The van der Waals surface area contributed by atoms with Gasteiger partial charge < -0.3 is 19.9 Å². The number of methoxy groups -OCH3 is 1. The van der Waals surface area contributed by atoms with Crippen molar-refractivity contribution in [1.29, 1.82) is 5.26 Å². The van der Waals surface area contributed by atoms with E-state index in [-0.39, 0.29) is 0 Å². The highest BCUT2D eigenvalue weighted by Crippen LogP contribution is 2.31. The number of hydrogen-bond donors (Lipinski definition) is 2. The van der Waals surface area contributed by atoms with E-state index in [9.17, 15) is 9.90 Å². The van der Waals surface area contributed by atoms with Crippen molar-refractivity contribution in [2.24, 2.45) is 0 Å². The van der Waals surface area contributed by atoms with Gasteiger partial charge in [-0.3, -0.25) is 0 Å². The fraction of sp³-hybridized carbons (Fsp3) is 0.222. The number of nitriles is 1. The molecule has 2 N–H and O–H groups in total. The zero-order chi connectivity index (χ0) is 17.5. The minimum atomic E-state index is -1.02. The van der Waals surface area contributed by atoms with Crippen molar-refractivity contribution >= 4 is 11.7 Å². The van der Waals surface area contributed by atoms with E-state index >= 15 is 0 Å². The molecule has 2 rings (SSSR count). The van der Waals surface area contributed by atoms with Crippen LogP contribution in [-0.2, 0) is 4.79 Å². The van der Waals surface area contributed by atoms with E-state index in [0.717, 1.165) is 0 Å². The van der Waals surface area contributed by atoms with Gasteiger partial charge in [0.1, 0.15) is 0 Å². The number of hydrogen-bond acceptors (Lipinski definition) is 5. The molecule has 6 heteroatoms. The van der Waals surface area contributed by atoms with Crippen LogP contribution < -0.4 is 14.8 Å². The Morgan fingerprint density at radius 3 is 2.50 bits per heavy atom. The number of rotatable bonds is 7. The molecular weight excluding hydrogens is 308 g/mol. The number of carboxylic acid groups (broad SMARTS) is 1. The number of ether oxygens (including phenoxy) is 2. The molecule has 2 aromatic carbocycles. The molecule has 124 valence electrons. The summed E-state index contributed by atoms with van der Waals surface area (Å²) in [6.45, 7) is 2.35. The molecule has 0 fully saturated rings. The molecule has 0 saturated heterocycles. The molecule has 0 aliphatic rings. The smallest absolute Gasteiger partial charge is 0.330 e. The molecule has 0 amide bonds. The Balaban J connectivity index is 2.29. The van der Waals surface area contributed by atoms with Gasteiger partial charge in [0.15, 0.2) is 17.5 Å². The molecule has 0 aromatic heterocycles. The first-order valence-electron chi connectivity index (χ1n) is 7.39. The second-order valence-corrected chi connectivity index (χ2v) is 4.95. The zero-order valence-corrected chi connectivity index (χ0v) is 13.4. The Labute approximate surface area is 140 Å². The summed E-state index contributed by atoms with van der Waals surface area (Å²) < 4.78 is 10.7. The lowest BCUT2D eigenvalue weighted by atomic mass is 10.1. The van der Waals surface area contributed by atoms with E-state index in [0.29, 0.717) is 34.9 Å². The molecule has 0 radical (unpaired) electrons. The molecule has 24 heavy (non-hydrogen) atoms. The van der Waals surface area contributed by atoms with Crippen LogP contribution in [0.4, 0.5) is 5.69 Å². The molecule has 0 heterocycles. The van der Waals surface area contributed by atoms with Gasteiger partial charge >= 0.3 is 5.97 Å². The molecule has 6 nitrogen and oxygen atoms in total. The van der Waals surface area contributed by atoms with Crippen molar-refractivity contribution in [2.45, 2.75) is 13.0 Å². The van der Waals surface area contributed by atoms with Gasteiger partial charge in [0, 0.05) is 5.69 Å². The summed E-state index contributed by atoms with van der Waals surface area (Å²) in [6.07, 6.45) is 0. The number of nitrogens with one attached hydrogen (secondary N) is 1. The number of carbonyl (C=O) groups is 1. The summed E-state index contributed by atoms with van der Waals surface area (Å²) in [7, 11) is 1.51. The van der Waals surface area contributed by atoms with Crippen molar-refractivity contribution in [3.05, 3.63) is 53.6 Å². The Morgan fingerprint density at radius 1 is 1.25 bits per heavy atom. The van der Waals surface area contributed by atoms with E-state index < -0.39 is 12.0 Å². The summed E-state index contributed by atoms with van der Waals surface area (Å²) in [5.41, 5.74) is 1.65. The van der Waals surface area contributed by atoms with Gasteiger partial charge in [0.2, 0.25) is 0 Å². The fourth-order valence-corrected chi connectivity index (χ4v) is 2.23. The van der Waals surface area contributed by atoms with Crippen LogP contribution in [0.5, 0.6) is 11.5 Å². The van der Waals surface area contributed by atoms with E-state index in [4.69, 9.17) is 14.7 Å². The highest BCUT2D eigenvalue weighted by molar-refractivity contribution is 5.79. The molecule has 0 saturated carbocycles. The second-order valence-electron chi connectivity index (χ2n) is 4.95. The normalized spacial score (nSPS) is 11.2. The van der Waals surface area contributed by atoms with E-state index in [1.807, 2.05) is 13.0 Å². The molecular formula is C18H18N2O4. The third-order valence-corrected chi connectivity index (χ3v) is 3.39. The van der Waals surface area contributed by atoms with Crippen LogP contribution in [0.1, 0.15) is 24.1 Å². The van der Waals surface area contributed by atoms with Crippen LogP contribution in [0.3, 0.4) is 0 Å². The topological polar surface area (TPSA) is 91.6 Å². The predicted molar refractivity (Wildman–Crippen MR) is 89.3 cm³/mol. The maximum atomic E-state index is 11.7. The quantitative estimate of drug-likeness (QED) is 0.812. The van der Waals surface area contributed by atoms with Gasteiger partial charge in [-0.1, -0.05) is 6.07 Å². The van der Waals surface area contributed by atoms with E-state index in [1.54, 1.807) is 42.5 Å². The first kappa shape index (κ1) is 17.2. The van der Waals surface area contributed by atoms with Gasteiger partial charge in [-0.05, 0) is 48.9 Å². The zero-order valence-electron chi connectivity index (χ0n) is 13.4. The first-order valence-corrected chi connectivity index (χ1v) is 7.39. The van der Waals surface area contributed by atoms with Gasteiger partial charge in [-0.2, -0.15) is 5.26 Å². The lowest BCUT2D eigenvalue weighted by Gasteiger charge is -2.18. The van der Waals surface area contributed by atoms with Crippen LogP contribution in [-0.4, -0.2) is 24.8 Å². The van der Waals surface area contributed by atoms with Crippen LogP contribution in [0.15, 0.2) is 42.5 Å². The van der Waals surface area contributed by atoms with Crippen molar-refractivity contribution in [3.8, 4) is 17.6 Å². The van der Waals surface area contributed by atoms with E-state index in [2.05, 4.69) is 5.32 Å². The van der Waals surface area contributed by atoms with Crippen molar-refractivity contribution in [2.75, 3.05) is 19.0 Å². The Kier molecular flexibility index (Phi) is 5.63. The molecule has 0 aliphatic heterocycles. The van der Waals surface area contributed by atoms with Gasteiger partial charge in [0.25, 0.3) is 0 Å². The number of carboxylic acids is 1. The second kappa shape index (κ2) is 7.88. The lowest BCUT2D eigenvalue weighted by Crippen LogP contribution is -2.20. The van der Waals surface area contributed by atoms with Gasteiger partial charge in [-0.15, -0.1) is 0 Å². The lowest BCUT2D eigenvalue weighted by molar-refractivity contribution is -0.138. The van der Waals surface area contributed by atoms with E-state index in [1.165, 1.54) is 7.11 Å². The number of anilines is 1. The minimum Gasteiger partial charge on any atom is -0.493 e. The van der Waals surface area contributed by atoms with Crippen molar-refractivity contribution in [3.63, 3.8) is 0 Å². The third kappa shape index (κ3) is 3.96. The monoisotopic (exact) mass is 326 g/mol. The van der Waals surface area contributed by atoms with Crippen LogP contribution in [0.2, 0.25) is 0 Å². The maximum Gasteiger partial charge on any atom is 0.330 e. The Morgan fingerprint density at radius 2 is 1.96 bits per heavy atom. The Bertz CT molecular complexity index is 751. The van der Waals surface area contributed by atoms with Crippen molar-refractivity contribution < 1.29 is 19.4 Å². The molecule has 2 aromatic rings. The summed E-state index contributed by atoms with van der Waals surface area (Å²) in [4.78, 5) is 11.7.